The van der Waals surface area contributed by atoms with E-state index in [1.165, 1.54) is 34.1 Å². The molecule has 2 aliphatic heterocycles. The topological polar surface area (TPSA) is 132 Å². The van der Waals surface area contributed by atoms with Gasteiger partial charge >= 0.3 is 35.5 Å². The van der Waals surface area contributed by atoms with E-state index in [2.05, 4.69) is 9.98 Å². The van der Waals surface area contributed by atoms with Gasteiger partial charge in [0, 0.05) is 16.7 Å². The van der Waals surface area contributed by atoms with E-state index >= 15 is 0 Å². The van der Waals surface area contributed by atoms with Gasteiger partial charge in [0.2, 0.25) is 0 Å². The molecule has 8 nitrogen and oxygen atoms in total. The predicted molar refractivity (Wildman–Crippen MR) is 115 cm³/mol. The number of benzene rings is 1. The van der Waals surface area contributed by atoms with E-state index in [9.17, 15) is 19.8 Å². The van der Waals surface area contributed by atoms with Gasteiger partial charge in [-0.05, 0) is 24.0 Å². The van der Waals surface area contributed by atoms with Gasteiger partial charge < -0.3 is 15.9 Å². The van der Waals surface area contributed by atoms with E-state index in [0.29, 0.717) is 23.0 Å². The standard InChI is InChI=1S/C20H18N4O4S2.Na/c21-20-22-13(10-30-20)12(7-6-11-4-2-1-3-5-11)16(25)23-15-17(26)24-14(19(27)28)8-9-29-18(15)24;/h1-5,7-8,10,15,18H,6,9H2,(H2,21,22)(H,23,25)(H,27,28);/q;+1/p-1/b12-7-;/t15-,18-;/m1./s1. The first-order valence-corrected chi connectivity index (χ1v) is 11.0. The first-order chi connectivity index (χ1) is 14.5. The number of hydrogen-bond donors (Lipinski definition) is 2. The summed E-state index contributed by atoms with van der Waals surface area (Å²) in [5.74, 6) is -1.79. The Hall–Kier alpha value is -2.11. The second kappa shape index (κ2) is 10.0. The van der Waals surface area contributed by atoms with Gasteiger partial charge in [-0.1, -0.05) is 36.4 Å². The Kier molecular flexibility index (Phi) is 7.60. The van der Waals surface area contributed by atoms with Gasteiger partial charge in [0.1, 0.15) is 11.1 Å². The normalized spacial score (nSPS) is 21.0. The minimum Gasteiger partial charge on any atom is -0.858 e. The molecule has 0 unspecified atom stereocenters. The van der Waals surface area contributed by atoms with Crippen molar-refractivity contribution in [2.45, 2.75) is 17.8 Å². The van der Waals surface area contributed by atoms with Crippen LogP contribution in [-0.2, 0) is 16.0 Å². The van der Waals surface area contributed by atoms with Crippen molar-refractivity contribution in [3.05, 3.63) is 64.8 Å². The number of carboxylic acids is 1. The molecule has 11 heteroatoms. The number of carbonyl (C=O) groups is 2. The number of nitrogens with zero attached hydrogens (tertiary/aromatic N) is 3. The average Bonchev–Trinajstić information content (AvgIpc) is 3.18. The van der Waals surface area contributed by atoms with Crippen LogP contribution in [-0.4, -0.2) is 49.9 Å². The van der Waals surface area contributed by atoms with Gasteiger partial charge in [-0.2, -0.15) is 0 Å². The summed E-state index contributed by atoms with van der Waals surface area (Å²) in [5.41, 5.74) is 7.36. The fourth-order valence-corrected chi connectivity index (χ4v) is 4.99. The SMILES string of the molecule is Nc1nc(/C(=C/Cc2ccccc2)C([O-])=N[C@@H]2C(=O)N3C(C(=O)O)=CCS[C@H]23)cs1.[Na+]. The van der Waals surface area contributed by atoms with Gasteiger partial charge in [-0.15, -0.1) is 23.1 Å². The largest absolute Gasteiger partial charge is 1.00 e. The zero-order valence-corrected chi connectivity index (χ0v) is 20.2. The molecule has 154 valence electrons. The smallest absolute Gasteiger partial charge is 0.858 e. The van der Waals surface area contributed by atoms with Crippen LogP contribution in [0, 0.1) is 0 Å². The van der Waals surface area contributed by atoms with E-state index in [-0.39, 0.29) is 40.8 Å². The Bertz CT molecular complexity index is 1080. The Morgan fingerprint density at radius 2 is 2.13 bits per heavy atom. The molecule has 0 aliphatic carbocycles. The average molecular weight is 465 g/mol. The van der Waals surface area contributed by atoms with Crippen molar-refractivity contribution >= 4 is 51.6 Å². The Balaban J connectivity index is 0.00000272. The number of hydrogen-bond acceptors (Lipinski definition) is 8. The van der Waals surface area contributed by atoms with Crippen molar-refractivity contribution in [1.29, 1.82) is 0 Å². The third-order valence-electron chi connectivity index (χ3n) is 4.71. The molecule has 1 saturated heterocycles. The second-order valence-corrected chi connectivity index (χ2v) is 8.62. The number of anilines is 1. The minimum absolute atomic E-state index is 0. The fourth-order valence-electron chi connectivity index (χ4n) is 3.25. The molecular formula is C20H17N4NaO4S2. The maximum Gasteiger partial charge on any atom is 1.00 e. The monoisotopic (exact) mass is 464 g/mol. The molecule has 3 heterocycles. The Labute approximate surface area is 208 Å². The van der Waals surface area contributed by atoms with E-state index < -0.39 is 29.2 Å². The number of aliphatic imine (C=N–C) groups is 1. The number of carboxylic acid groups (broad SMARTS) is 1. The van der Waals surface area contributed by atoms with Crippen LogP contribution in [0.1, 0.15) is 11.3 Å². The maximum atomic E-state index is 13.0. The van der Waals surface area contributed by atoms with Gasteiger partial charge in [-0.25, -0.2) is 9.78 Å². The first kappa shape index (κ1) is 23.6. The van der Waals surface area contributed by atoms with E-state index in [0.717, 1.165) is 5.56 Å². The van der Waals surface area contributed by atoms with Crippen LogP contribution in [0.2, 0.25) is 0 Å². The Morgan fingerprint density at radius 3 is 2.77 bits per heavy atom. The molecule has 3 N–H and O–H groups in total. The molecule has 2 aliphatic rings. The first-order valence-electron chi connectivity index (χ1n) is 9.04. The molecule has 1 aromatic carbocycles. The molecule has 1 amide bonds. The number of thioether (sulfide) groups is 1. The van der Waals surface area contributed by atoms with E-state index in [1.54, 1.807) is 11.5 Å². The van der Waals surface area contributed by atoms with Crippen LogP contribution in [0.25, 0.3) is 5.57 Å². The molecule has 1 aromatic heterocycles. The quantitative estimate of drug-likeness (QED) is 0.227. The number of nitrogens with two attached hydrogens (primary N) is 1. The zero-order chi connectivity index (χ0) is 21.3. The fraction of sp³-hybridized carbons (Fsp3) is 0.200. The molecule has 0 bridgehead atoms. The number of β-lactam (4-membered cyclic amide) rings is 1. The Morgan fingerprint density at radius 1 is 1.39 bits per heavy atom. The van der Waals surface area contributed by atoms with Gasteiger partial charge in [0.15, 0.2) is 11.2 Å². The molecule has 0 spiro atoms. The summed E-state index contributed by atoms with van der Waals surface area (Å²) in [6, 6.07) is 8.69. The third-order valence-corrected chi connectivity index (χ3v) is 6.55. The van der Waals surface area contributed by atoms with Crippen molar-refractivity contribution in [3.63, 3.8) is 0 Å². The minimum atomic E-state index is -1.17. The van der Waals surface area contributed by atoms with Crippen molar-refractivity contribution in [2.75, 3.05) is 11.5 Å². The summed E-state index contributed by atoms with van der Waals surface area (Å²) < 4.78 is 0. The van der Waals surface area contributed by atoms with Crippen molar-refractivity contribution in [2.24, 2.45) is 4.99 Å². The van der Waals surface area contributed by atoms with Gasteiger partial charge in [0.05, 0.1) is 5.69 Å². The van der Waals surface area contributed by atoms with Crippen molar-refractivity contribution in [1.82, 2.24) is 9.88 Å². The number of rotatable bonds is 6. The summed E-state index contributed by atoms with van der Waals surface area (Å²) in [6.45, 7) is 0. The second-order valence-electron chi connectivity index (χ2n) is 6.58. The van der Waals surface area contributed by atoms with Crippen LogP contribution in [0.15, 0.2) is 58.6 Å². The number of carbonyl (C=O) groups excluding carboxylic acids is 1. The summed E-state index contributed by atoms with van der Waals surface area (Å²) >= 11 is 2.59. The number of aromatic nitrogens is 1. The molecule has 2 aromatic rings. The number of nitrogen functional groups attached to an aromatic ring is 1. The molecule has 2 atom stereocenters. The number of amides is 1. The molecular weight excluding hydrogens is 447 g/mol. The molecule has 0 radical (unpaired) electrons. The number of aliphatic carboxylic acids is 1. The molecule has 4 rings (SSSR count). The predicted octanol–water partition coefficient (Wildman–Crippen LogP) is -1.63. The number of thiazole rings is 1. The van der Waals surface area contributed by atoms with E-state index in [4.69, 9.17) is 5.73 Å². The van der Waals surface area contributed by atoms with Crippen LogP contribution in [0.4, 0.5) is 5.13 Å². The van der Waals surface area contributed by atoms with Crippen molar-refractivity contribution in [3.8, 4) is 0 Å². The summed E-state index contributed by atoms with van der Waals surface area (Å²) in [6.07, 6.45) is 3.71. The van der Waals surface area contributed by atoms with Crippen LogP contribution < -0.4 is 40.4 Å². The zero-order valence-electron chi connectivity index (χ0n) is 16.6. The van der Waals surface area contributed by atoms with Gasteiger partial charge in [-0.3, -0.25) is 14.7 Å². The molecule has 31 heavy (non-hydrogen) atoms. The van der Waals surface area contributed by atoms with Crippen molar-refractivity contribution < 1.29 is 49.4 Å². The maximum absolute atomic E-state index is 13.0. The van der Waals surface area contributed by atoms with Crippen LogP contribution in [0.3, 0.4) is 0 Å². The molecule has 1 fully saturated rings. The van der Waals surface area contributed by atoms with Crippen LogP contribution in [0.5, 0.6) is 0 Å². The van der Waals surface area contributed by atoms with Crippen LogP contribution >= 0.6 is 23.1 Å². The van der Waals surface area contributed by atoms with E-state index in [1.807, 2.05) is 30.3 Å². The number of fused-ring (bicyclic) bond motifs is 1. The molecule has 0 saturated carbocycles. The third kappa shape index (κ3) is 4.88. The summed E-state index contributed by atoms with van der Waals surface area (Å²) in [5, 5.41) is 23.8. The van der Waals surface area contributed by atoms with Gasteiger partial charge in [0.25, 0.3) is 5.91 Å². The number of allylic oxidation sites excluding steroid dienone is 1. The summed E-state index contributed by atoms with van der Waals surface area (Å²) in [4.78, 5) is 33.3. The summed E-state index contributed by atoms with van der Waals surface area (Å²) in [7, 11) is 0.